The highest BCUT2D eigenvalue weighted by molar-refractivity contribution is 5.06. The third-order valence-corrected chi connectivity index (χ3v) is 1.11. The number of nitrogens with one attached hydrogen (secondary N) is 1. The van der Waals surface area contributed by atoms with E-state index < -0.39 is 0 Å². The average molecular weight is 110 g/mol. The minimum Gasteiger partial charge on any atom is -0.364 e. The molecule has 3 N–H and O–H groups in total. The first-order chi connectivity index (χ1) is 3.80. The summed E-state index contributed by atoms with van der Waals surface area (Å²) in [6.45, 7) is 1.95. The Morgan fingerprint density at radius 1 is 1.75 bits per heavy atom. The van der Waals surface area contributed by atoms with Crippen LogP contribution in [0.5, 0.6) is 0 Å². The summed E-state index contributed by atoms with van der Waals surface area (Å²) in [5, 5.41) is 0. The van der Waals surface area contributed by atoms with Crippen molar-refractivity contribution in [1.29, 1.82) is 0 Å². The van der Waals surface area contributed by atoms with E-state index in [-0.39, 0.29) is 6.04 Å². The smallest absolute Gasteiger partial charge is 0.0419 e. The second-order valence-electron chi connectivity index (χ2n) is 1.91. The van der Waals surface area contributed by atoms with E-state index in [1.54, 1.807) is 0 Å². The van der Waals surface area contributed by atoms with Gasteiger partial charge >= 0.3 is 0 Å². The highest BCUT2D eigenvalue weighted by Gasteiger charge is 1.94. The van der Waals surface area contributed by atoms with Gasteiger partial charge in [0.1, 0.15) is 0 Å². The standard InChI is InChI=1S/C6H10N2/c1-5(7)6-3-2-4-8-6/h2-5,8H,7H2,1H3/t5-/m0/s1. The van der Waals surface area contributed by atoms with Gasteiger partial charge in [-0.15, -0.1) is 0 Å². The zero-order valence-electron chi connectivity index (χ0n) is 4.89. The first-order valence-electron chi connectivity index (χ1n) is 2.69. The number of rotatable bonds is 1. The second-order valence-corrected chi connectivity index (χ2v) is 1.91. The summed E-state index contributed by atoms with van der Waals surface area (Å²) >= 11 is 0. The van der Waals surface area contributed by atoms with Crippen LogP contribution < -0.4 is 5.73 Å². The van der Waals surface area contributed by atoms with Crippen LogP contribution in [-0.4, -0.2) is 4.98 Å². The number of H-pyrrole nitrogens is 1. The van der Waals surface area contributed by atoms with Crippen LogP contribution in [0, 0.1) is 0 Å². The van der Waals surface area contributed by atoms with E-state index in [1.165, 1.54) is 0 Å². The van der Waals surface area contributed by atoms with Gasteiger partial charge in [-0.2, -0.15) is 0 Å². The first-order valence-corrected chi connectivity index (χ1v) is 2.69. The Balaban J connectivity index is 2.77. The Kier molecular flexibility index (Phi) is 1.35. The molecule has 0 aliphatic heterocycles. The number of nitrogens with two attached hydrogens (primary N) is 1. The average Bonchev–Trinajstić information content (AvgIpc) is 2.12. The van der Waals surface area contributed by atoms with E-state index in [0.29, 0.717) is 0 Å². The number of aromatic nitrogens is 1. The molecular formula is C6H10N2. The minimum absolute atomic E-state index is 0.130. The van der Waals surface area contributed by atoms with Crippen molar-refractivity contribution >= 4 is 0 Å². The monoisotopic (exact) mass is 110 g/mol. The molecule has 2 nitrogen and oxygen atoms in total. The van der Waals surface area contributed by atoms with Crippen molar-refractivity contribution in [2.45, 2.75) is 13.0 Å². The second kappa shape index (κ2) is 2.01. The van der Waals surface area contributed by atoms with Gasteiger partial charge in [0.05, 0.1) is 0 Å². The van der Waals surface area contributed by atoms with E-state index in [4.69, 9.17) is 5.73 Å². The predicted molar refractivity (Wildman–Crippen MR) is 33.4 cm³/mol. The van der Waals surface area contributed by atoms with Crippen LogP contribution in [0.1, 0.15) is 18.7 Å². The molecule has 0 aliphatic carbocycles. The van der Waals surface area contributed by atoms with Crippen LogP contribution in [0.15, 0.2) is 18.3 Å². The lowest BCUT2D eigenvalue weighted by atomic mass is 10.3. The van der Waals surface area contributed by atoms with Crippen molar-refractivity contribution < 1.29 is 0 Å². The maximum atomic E-state index is 5.53. The lowest BCUT2D eigenvalue weighted by molar-refractivity contribution is 0.789. The van der Waals surface area contributed by atoms with Crippen LogP contribution >= 0.6 is 0 Å². The fraction of sp³-hybridized carbons (Fsp3) is 0.333. The third kappa shape index (κ3) is 0.898. The summed E-state index contributed by atoms with van der Waals surface area (Å²) < 4.78 is 0. The normalized spacial score (nSPS) is 13.8. The molecule has 0 aromatic carbocycles. The van der Waals surface area contributed by atoms with Gasteiger partial charge < -0.3 is 10.7 Å². The summed E-state index contributed by atoms with van der Waals surface area (Å²) in [7, 11) is 0. The van der Waals surface area contributed by atoms with Gasteiger partial charge in [-0.05, 0) is 19.1 Å². The Hall–Kier alpha value is -0.760. The van der Waals surface area contributed by atoms with Crippen LogP contribution in [-0.2, 0) is 0 Å². The summed E-state index contributed by atoms with van der Waals surface area (Å²) in [6.07, 6.45) is 1.87. The van der Waals surface area contributed by atoms with Gasteiger partial charge in [0.25, 0.3) is 0 Å². The minimum atomic E-state index is 0.130. The van der Waals surface area contributed by atoms with Crippen LogP contribution in [0.2, 0.25) is 0 Å². The molecule has 8 heavy (non-hydrogen) atoms. The molecule has 0 amide bonds. The van der Waals surface area contributed by atoms with Crippen LogP contribution in [0.3, 0.4) is 0 Å². The molecule has 1 rings (SSSR count). The first kappa shape index (κ1) is 5.38. The Morgan fingerprint density at radius 2 is 2.50 bits per heavy atom. The zero-order valence-corrected chi connectivity index (χ0v) is 4.89. The molecule has 0 unspecified atom stereocenters. The van der Waals surface area contributed by atoms with Gasteiger partial charge in [0, 0.05) is 17.9 Å². The molecule has 1 heterocycles. The molecule has 1 aromatic heterocycles. The molecule has 0 aliphatic rings. The van der Waals surface area contributed by atoms with E-state index >= 15 is 0 Å². The summed E-state index contributed by atoms with van der Waals surface area (Å²) in [4.78, 5) is 3.01. The molecule has 1 atom stereocenters. The maximum Gasteiger partial charge on any atom is 0.0419 e. The van der Waals surface area contributed by atoms with Gasteiger partial charge in [0.2, 0.25) is 0 Å². The molecule has 2 heteroatoms. The van der Waals surface area contributed by atoms with E-state index in [1.807, 2.05) is 25.3 Å². The number of aromatic amines is 1. The van der Waals surface area contributed by atoms with Crippen molar-refractivity contribution in [2.24, 2.45) is 5.73 Å². The van der Waals surface area contributed by atoms with Crippen molar-refractivity contribution in [1.82, 2.24) is 4.98 Å². The molecule has 0 fully saturated rings. The summed E-state index contributed by atoms with van der Waals surface area (Å²) in [5.41, 5.74) is 6.61. The quantitative estimate of drug-likeness (QED) is 0.557. The number of hydrogen-bond donors (Lipinski definition) is 2. The van der Waals surface area contributed by atoms with E-state index in [2.05, 4.69) is 4.98 Å². The lowest BCUT2D eigenvalue weighted by Gasteiger charge is -1.97. The summed E-state index contributed by atoms with van der Waals surface area (Å²) in [5.74, 6) is 0. The highest BCUT2D eigenvalue weighted by atomic mass is 14.8. The van der Waals surface area contributed by atoms with Gasteiger partial charge in [-0.25, -0.2) is 0 Å². The highest BCUT2D eigenvalue weighted by Crippen LogP contribution is 2.03. The van der Waals surface area contributed by atoms with Crippen molar-refractivity contribution in [3.63, 3.8) is 0 Å². The van der Waals surface area contributed by atoms with Crippen LogP contribution in [0.25, 0.3) is 0 Å². The van der Waals surface area contributed by atoms with E-state index in [9.17, 15) is 0 Å². The van der Waals surface area contributed by atoms with E-state index in [0.717, 1.165) is 5.69 Å². The predicted octanol–water partition coefficient (Wildman–Crippen LogP) is 1.03. The van der Waals surface area contributed by atoms with Gasteiger partial charge in [0.15, 0.2) is 0 Å². The van der Waals surface area contributed by atoms with Crippen molar-refractivity contribution in [2.75, 3.05) is 0 Å². The molecule has 1 aromatic rings. The third-order valence-electron chi connectivity index (χ3n) is 1.11. The van der Waals surface area contributed by atoms with Gasteiger partial charge in [-0.1, -0.05) is 0 Å². The fourth-order valence-electron chi connectivity index (χ4n) is 0.627. The Morgan fingerprint density at radius 3 is 2.75 bits per heavy atom. The maximum absolute atomic E-state index is 5.53. The SMILES string of the molecule is C[C@H](N)c1ccc[nH]1. The molecule has 0 radical (unpaired) electrons. The number of hydrogen-bond acceptors (Lipinski definition) is 1. The fourth-order valence-corrected chi connectivity index (χ4v) is 0.627. The summed E-state index contributed by atoms with van der Waals surface area (Å²) in [6, 6.07) is 4.05. The topological polar surface area (TPSA) is 41.8 Å². The Labute approximate surface area is 48.7 Å². The lowest BCUT2D eigenvalue weighted by Crippen LogP contribution is -2.04. The molecule has 0 spiro atoms. The van der Waals surface area contributed by atoms with Gasteiger partial charge in [-0.3, -0.25) is 0 Å². The Bertz CT molecular complexity index is 142. The molecule has 44 valence electrons. The zero-order chi connectivity index (χ0) is 5.98. The molecular weight excluding hydrogens is 100 g/mol. The van der Waals surface area contributed by atoms with Crippen molar-refractivity contribution in [3.05, 3.63) is 24.0 Å². The molecule has 0 saturated carbocycles. The molecule has 0 bridgehead atoms. The van der Waals surface area contributed by atoms with Crippen molar-refractivity contribution in [3.8, 4) is 0 Å². The largest absolute Gasteiger partial charge is 0.364 e. The molecule has 0 saturated heterocycles. The van der Waals surface area contributed by atoms with Crippen LogP contribution in [0.4, 0.5) is 0 Å².